The van der Waals surface area contributed by atoms with Gasteiger partial charge in [0.05, 0.1) is 0 Å². The fourth-order valence-electron chi connectivity index (χ4n) is 0.839. The van der Waals surface area contributed by atoms with Crippen molar-refractivity contribution in [1.82, 2.24) is 0 Å². The Balaban J connectivity index is 2.93. The first kappa shape index (κ1) is 8.62. The lowest BCUT2D eigenvalue weighted by atomic mass is 10.1. The normalized spacial score (nSPS) is 9.17. The Morgan fingerprint density at radius 2 is 2.17 bits per heavy atom. The average Bonchev–Trinajstić information content (AvgIpc) is 2.03. The molecule has 0 bridgehead atoms. The molecule has 0 saturated carbocycles. The standard InChI is InChI=1S/C9H6F2O/c10-8-4-3-7(2-1-5-12)9(11)6-8/h1,3-4,6H,2H2. The Hall–Kier alpha value is -1.47. The van der Waals surface area contributed by atoms with E-state index < -0.39 is 11.6 Å². The first-order valence-electron chi connectivity index (χ1n) is 3.37. The number of rotatable bonds is 2. The number of benzene rings is 1. The van der Waals surface area contributed by atoms with Crippen LogP contribution in [0.4, 0.5) is 8.78 Å². The maximum Gasteiger partial charge on any atom is 0.129 e. The fraction of sp³-hybridized carbons (Fsp3) is 0.111. The zero-order valence-electron chi connectivity index (χ0n) is 6.18. The van der Waals surface area contributed by atoms with Crippen LogP contribution in [0, 0.1) is 11.6 Å². The van der Waals surface area contributed by atoms with Gasteiger partial charge < -0.3 is 0 Å². The van der Waals surface area contributed by atoms with E-state index >= 15 is 0 Å². The molecule has 0 heterocycles. The number of hydrogen-bond acceptors (Lipinski definition) is 1. The predicted octanol–water partition coefficient (Wildman–Crippen LogP) is 1.90. The highest BCUT2D eigenvalue weighted by atomic mass is 19.1. The molecule has 0 aliphatic rings. The molecule has 0 fully saturated rings. The molecule has 62 valence electrons. The summed E-state index contributed by atoms with van der Waals surface area (Å²) in [4.78, 5) is 9.78. The second-order valence-electron chi connectivity index (χ2n) is 2.26. The van der Waals surface area contributed by atoms with Gasteiger partial charge in [0.1, 0.15) is 17.6 Å². The minimum atomic E-state index is -0.637. The van der Waals surface area contributed by atoms with E-state index in [2.05, 4.69) is 0 Å². The van der Waals surface area contributed by atoms with E-state index in [0.29, 0.717) is 5.56 Å². The van der Waals surface area contributed by atoms with Gasteiger partial charge in [-0.05, 0) is 11.6 Å². The highest BCUT2D eigenvalue weighted by Crippen LogP contribution is 2.09. The molecule has 1 nitrogen and oxygen atoms in total. The third kappa shape index (κ3) is 2.01. The predicted molar refractivity (Wildman–Crippen MR) is 40.3 cm³/mol. The van der Waals surface area contributed by atoms with Crippen molar-refractivity contribution >= 4 is 5.94 Å². The minimum absolute atomic E-state index is 0.148. The van der Waals surface area contributed by atoms with Crippen molar-refractivity contribution in [2.24, 2.45) is 0 Å². The molecular weight excluding hydrogens is 162 g/mol. The van der Waals surface area contributed by atoms with Gasteiger partial charge in [-0.1, -0.05) is 6.07 Å². The summed E-state index contributed by atoms with van der Waals surface area (Å²) >= 11 is 0. The first-order valence-corrected chi connectivity index (χ1v) is 3.37. The van der Waals surface area contributed by atoms with E-state index in [1.54, 1.807) is 0 Å². The van der Waals surface area contributed by atoms with E-state index in [1.807, 2.05) is 0 Å². The number of carbonyl (C=O) groups excluding carboxylic acids is 1. The Morgan fingerprint density at radius 3 is 2.75 bits per heavy atom. The lowest BCUT2D eigenvalue weighted by molar-refractivity contribution is 0.567. The van der Waals surface area contributed by atoms with Gasteiger partial charge in [-0.15, -0.1) is 0 Å². The minimum Gasteiger partial charge on any atom is -0.234 e. The second kappa shape index (κ2) is 3.79. The van der Waals surface area contributed by atoms with Crippen LogP contribution in [-0.2, 0) is 11.2 Å². The molecule has 12 heavy (non-hydrogen) atoms. The molecule has 0 spiro atoms. The van der Waals surface area contributed by atoms with Gasteiger partial charge >= 0.3 is 0 Å². The molecule has 0 aromatic heterocycles. The van der Waals surface area contributed by atoms with Crippen molar-refractivity contribution in [3.05, 3.63) is 41.5 Å². The quantitative estimate of drug-likeness (QED) is 0.616. The van der Waals surface area contributed by atoms with Gasteiger partial charge in [0.15, 0.2) is 0 Å². The summed E-state index contributed by atoms with van der Waals surface area (Å²) in [5.41, 5.74) is 0.291. The first-order chi connectivity index (χ1) is 5.74. The third-order valence-corrected chi connectivity index (χ3v) is 1.42. The Kier molecular flexibility index (Phi) is 2.72. The summed E-state index contributed by atoms with van der Waals surface area (Å²) in [6.07, 6.45) is 1.30. The summed E-state index contributed by atoms with van der Waals surface area (Å²) in [6, 6.07) is 3.24. The molecule has 0 amide bonds. The molecule has 0 N–H and O–H groups in total. The topological polar surface area (TPSA) is 17.1 Å². The molecule has 0 unspecified atom stereocenters. The molecule has 0 saturated heterocycles. The van der Waals surface area contributed by atoms with Crippen molar-refractivity contribution in [3.8, 4) is 0 Å². The molecule has 1 aromatic carbocycles. The van der Waals surface area contributed by atoms with E-state index in [9.17, 15) is 13.6 Å². The number of allylic oxidation sites excluding steroid dienone is 1. The monoisotopic (exact) mass is 168 g/mol. The Labute approximate surface area is 68.3 Å². The summed E-state index contributed by atoms with van der Waals surface area (Å²) < 4.78 is 25.1. The van der Waals surface area contributed by atoms with Crippen molar-refractivity contribution in [3.63, 3.8) is 0 Å². The van der Waals surface area contributed by atoms with Gasteiger partial charge in [-0.25, -0.2) is 13.6 Å². The maximum atomic E-state index is 12.8. The lowest BCUT2D eigenvalue weighted by Gasteiger charge is -1.97. The highest BCUT2D eigenvalue weighted by Gasteiger charge is 2.00. The zero-order chi connectivity index (χ0) is 8.97. The number of halogens is 2. The third-order valence-electron chi connectivity index (χ3n) is 1.42. The van der Waals surface area contributed by atoms with Crippen LogP contribution in [0.3, 0.4) is 0 Å². The summed E-state index contributed by atoms with van der Waals surface area (Å²) in [7, 11) is 0. The Morgan fingerprint density at radius 1 is 1.42 bits per heavy atom. The van der Waals surface area contributed by atoms with Crippen LogP contribution in [0.1, 0.15) is 5.56 Å². The van der Waals surface area contributed by atoms with Gasteiger partial charge in [0, 0.05) is 18.6 Å². The molecule has 3 heteroatoms. The maximum absolute atomic E-state index is 12.8. The van der Waals surface area contributed by atoms with Gasteiger partial charge in [-0.3, -0.25) is 0 Å². The van der Waals surface area contributed by atoms with Gasteiger partial charge in [0.25, 0.3) is 0 Å². The van der Waals surface area contributed by atoms with Gasteiger partial charge in [-0.2, -0.15) is 0 Å². The Bertz CT molecular complexity index is 327. The van der Waals surface area contributed by atoms with Crippen LogP contribution in [-0.4, -0.2) is 5.94 Å². The van der Waals surface area contributed by atoms with Crippen molar-refractivity contribution in [1.29, 1.82) is 0 Å². The summed E-state index contributed by atoms with van der Waals surface area (Å²) in [6.45, 7) is 0. The second-order valence-corrected chi connectivity index (χ2v) is 2.26. The van der Waals surface area contributed by atoms with E-state index in [4.69, 9.17) is 0 Å². The van der Waals surface area contributed by atoms with E-state index in [0.717, 1.165) is 18.2 Å². The van der Waals surface area contributed by atoms with Crippen LogP contribution in [0.15, 0.2) is 24.3 Å². The molecule has 1 aromatic rings. The molecule has 0 radical (unpaired) electrons. The zero-order valence-corrected chi connectivity index (χ0v) is 6.18. The molecular formula is C9H6F2O. The summed E-state index contributed by atoms with van der Waals surface area (Å²) in [5.74, 6) is 0.266. The molecule has 1 rings (SSSR count). The average molecular weight is 168 g/mol. The van der Waals surface area contributed by atoms with Crippen molar-refractivity contribution < 1.29 is 13.6 Å². The van der Waals surface area contributed by atoms with Crippen LogP contribution in [0.2, 0.25) is 0 Å². The van der Waals surface area contributed by atoms with Crippen molar-refractivity contribution in [2.45, 2.75) is 6.42 Å². The van der Waals surface area contributed by atoms with Crippen LogP contribution in [0.5, 0.6) is 0 Å². The van der Waals surface area contributed by atoms with E-state index in [-0.39, 0.29) is 6.42 Å². The van der Waals surface area contributed by atoms with Crippen molar-refractivity contribution in [2.75, 3.05) is 0 Å². The smallest absolute Gasteiger partial charge is 0.129 e. The number of hydrogen-bond donors (Lipinski definition) is 0. The van der Waals surface area contributed by atoms with Gasteiger partial charge in [0.2, 0.25) is 0 Å². The highest BCUT2D eigenvalue weighted by molar-refractivity contribution is 5.46. The fourth-order valence-corrected chi connectivity index (χ4v) is 0.839. The summed E-state index contributed by atoms with van der Waals surface area (Å²) in [5, 5.41) is 0. The van der Waals surface area contributed by atoms with Crippen LogP contribution >= 0.6 is 0 Å². The largest absolute Gasteiger partial charge is 0.234 e. The molecule has 0 aliphatic carbocycles. The lowest BCUT2D eigenvalue weighted by Crippen LogP contribution is -1.89. The molecule has 0 aliphatic heterocycles. The van der Waals surface area contributed by atoms with Crippen LogP contribution < -0.4 is 0 Å². The van der Waals surface area contributed by atoms with Crippen LogP contribution in [0.25, 0.3) is 0 Å². The van der Waals surface area contributed by atoms with E-state index in [1.165, 1.54) is 12.0 Å². The SMILES string of the molecule is O=C=CCc1ccc(F)cc1F. The molecule has 0 atom stereocenters.